The van der Waals surface area contributed by atoms with Crippen molar-refractivity contribution in [1.82, 2.24) is 0 Å². The van der Waals surface area contributed by atoms with Crippen LogP contribution in [0.1, 0.15) is 5.56 Å². The van der Waals surface area contributed by atoms with Gasteiger partial charge in [-0.3, -0.25) is 0 Å². The normalized spacial score (nSPS) is 10.4. The number of benzene rings is 2. The van der Waals surface area contributed by atoms with Crippen molar-refractivity contribution in [2.75, 3.05) is 0 Å². The first-order valence-corrected chi connectivity index (χ1v) is 4.24. The second kappa shape index (κ2) is 2.67. The highest BCUT2D eigenvalue weighted by atomic mass is 14.0. The zero-order valence-electron chi connectivity index (χ0n) is 7.46. The maximum absolute atomic E-state index is 2.18. The number of aryl methyl sites for hydroxylation is 1. The highest BCUT2D eigenvalue weighted by Gasteiger charge is 1.96. The van der Waals surface area contributed by atoms with Gasteiger partial charge in [-0.25, -0.2) is 0 Å². The first-order valence-electron chi connectivity index (χ1n) is 4.24. The molecule has 1 heteroatoms. The van der Waals surface area contributed by atoms with Crippen LogP contribution in [0.3, 0.4) is 0 Å². The van der Waals surface area contributed by atoms with Crippen molar-refractivity contribution in [3.63, 3.8) is 0 Å². The molecule has 0 saturated heterocycles. The first-order chi connectivity index (χ1) is 5.79. The molecule has 58 valence electrons. The van der Waals surface area contributed by atoms with Gasteiger partial charge in [0.15, 0.2) is 0 Å². The summed E-state index contributed by atoms with van der Waals surface area (Å²) < 4.78 is 0. The van der Waals surface area contributed by atoms with Crippen LogP contribution in [0.15, 0.2) is 36.4 Å². The average molecular weight is 154 g/mol. The largest absolute Gasteiger partial charge is 0.140 e. The van der Waals surface area contributed by atoms with E-state index in [9.17, 15) is 0 Å². The van der Waals surface area contributed by atoms with Crippen molar-refractivity contribution in [2.24, 2.45) is 0 Å². The van der Waals surface area contributed by atoms with Gasteiger partial charge >= 0.3 is 0 Å². The van der Waals surface area contributed by atoms with E-state index in [1.165, 1.54) is 21.8 Å². The Morgan fingerprint density at radius 1 is 0.917 bits per heavy atom. The molecule has 0 saturated carbocycles. The minimum Gasteiger partial charge on any atom is -0.0813 e. The average Bonchev–Trinajstić information content (AvgIpc) is 2.07. The second-order valence-electron chi connectivity index (χ2n) is 3.24. The van der Waals surface area contributed by atoms with Crippen molar-refractivity contribution in [1.29, 1.82) is 0 Å². The SMILES string of the molecule is Bc1cccc2c(C)cccc12. The molecule has 2 rings (SSSR count). The van der Waals surface area contributed by atoms with E-state index in [2.05, 4.69) is 51.2 Å². The Bertz CT molecular complexity index is 377. The molecule has 2 aromatic carbocycles. The van der Waals surface area contributed by atoms with Gasteiger partial charge in [-0.2, -0.15) is 0 Å². The fourth-order valence-electron chi connectivity index (χ4n) is 1.62. The summed E-state index contributed by atoms with van der Waals surface area (Å²) in [6, 6.07) is 12.9. The molecule has 0 aliphatic heterocycles. The lowest BCUT2D eigenvalue weighted by atomic mass is 9.89. The molecule has 0 unspecified atom stereocenters. The molecule has 2 aromatic rings. The van der Waals surface area contributed by atoms with Crippen molar-refractivity contribution in [3.8, 4) is 0 Å². The summed E-state index contributed by atoms with van der Waals surface area (Å²) in [5.41, 5.74) is 2.72. The van der Waals surface area contributed by atoms with E-state index in [1.54, 1.807) is 0 Å². The number of fused-ring (bicyclic) bond motifs is 1. The van der Waals surface area contributed by atoms with Gasteiger partial charge in [0.1, 0.15) is 7.85 Å². The van der Waals surface area contributed by atoms with E-state index in [1.807, 2.05) is 0 Å². The van der Waals surface area contributed by atoms with Gasteiger partial charge in [0.25, 0.3) is 0 Å². The van der Waals surface area contributed by atoms with Crippen LogP contribution in [0.2, 0.25) is 0 Å². The Hall–Kier alpha value is -1.24. The monoisotopic (exact) mass is 154 g/mol. The molecule has 0 aliphatic carbocycles. The lowest BCUT2D eigenvalue weighted by Crippen LogP contribution is -2.02. The molecule has 0 aromatic heterocycles. The summed E-state index contributed by atoms with van der Waals surface area (Å²) in [5, 5.41) is 2.75. The minimum absolute atomic E-state index is 1.36. The first kappa shape index (κ1) is 7.42. The third-order valence-corrected chi connectivity index (χ3v) is 2.36. The molecule has 0 fully saturated rings. The second-order valence-corrected chi connectivity index (χ2v) is 3.24. The van der Waals surface area contributed by atoms with E-state index in [0.29, 0.717) is 0 Å². The highest BCUT2D eigenvalue weighted by molar-refractivity contribution is 6.38. The predicted octanol–water partition coefficient (Wildman–Crippen LogP) is 1.41. The van der Waals surface area contributed by atoms with E-state index in [4.69, 9.17) is 0 Å². The number of hydrogen-bond acceptors (Lipinski definition) is 0. The standard InChI is InChI=1S/C11H11B/c1-8-4-2-6-10-9(8)5-3-7-11(10)12/h2-7H,12H2,1H3. The maximum Gasteiger partial charge on any atom is 0.140 e. The van der Waals surface area contributed by atoms with Gasteiger partial charge in [0, 0.05) is 0 Å². The van der Waals surface area contributed by atoms with Crippen LogP contribution in [0.25, 0.3) is 10.8 Å². The quantitative estimate of drug-likeness (QED) is 0.503. The molecule has 0 N–H and O–H groups in total. The van der Waals surface area contributed by atoms with Crippen molar-refractivity contribution in [3.05, 3.63) is 42.0 Å². The summed E-state index contributed by atoms with van der Waals surface area (Å²) >= 11 is 0. The molecule has 0 amide bonds. The van der Waals surface area contributed by atoms with Crippen molar-refractivity contribution < 1.29 is 0 Å². The summed E-state index contributed by atoms with van der Waals surface area (Å²) in [4.78, 5) is 0. The van der Waals surface area contributed by atoms with Crippen LogP contribution in [0, 0.1) is 6.92 Å². The third-order valence-electron chi connectivity index (χ3n) is 2.36. The summed E-state index contributed by atoms with van der Waals surface area (Å²) in [7, 11) is 2.15. The summed E-state index contributed by atoms with van der Waals surface area (Å²) in [5.74, 6) is 0. The molecular weight excluding hydrogens is 143 g/mol. The van der Waals surface area contributed by atoms with Gasteiger partial charge in [-0.15, -0.1) is 0 Å². The molecule has 0 nitrogen and oxygen atoms in total. The van der Waals surface area contributed by atoms with E-state index in [0.717, 1.165) is 0 Å². The van der Waals surface area contributed by atoms with E-state index >= 15 is 0 Å². The molecule has 0 bridgehead atoms. The van der Waals surface area contributed by atoms with E-state index in [-0.39, 0.29) is 0 Å². The van der Waals surface area contributed by atoms with Crippen LogP contribution >= 0.6 is 0 Å². The summed E-state index contributed by atoms with van der Waals surface area (Å²) in [6.45, 7) is 2.15. The van der Waals surface area contributed by atoms with Crippen LogP contribution in [-0.4, -0.2) is 7.85 Å². The molecule has 0 spiro atoms. The maximum atomic E-state index is 2.18. The number of hydrogen-bond donors (Lipinski definition) is 0. The zero-order chi connectivity index (χ0) is 8.55. The highest BCUT2D eigenvalue weighted by Crippen LogP contribution is 2.14. The fraction of sp³-hybridized carbons (Fsp3) is 0.0909. The van der Waals surface area contributed by atoms with Gasteiger partial charge in [-0.05, 0) is 23.3 Å². The Kier molecular flexibility index (Phi) is 1.65. The number of rotatable bonds is 0. The van der Waals surface area contributed by atoms with Gasteiger partial charge in [-0.1, -0.05) is 41.9 Å². The lowest BCUT2D eigenvalue weighted by molar-refractivity contribution is 1.54. The lowest BCUT2D eigenvalue weighted by Gasteiger charge is -2.03. The minimum atomic E-state index is 1.36. The van der Waals surface area contributed by atoms with Gasteiger partial charge in [0.2, 0.25) is 0 Å². The van der Waals surface area contributed by atoms with Crippen LogP contribution in [-0.2, 0) is 0 Å². The fourth-order valence-corrected chi connectivity index (χ4v) is 1.62. The molecule has 12 heavy (non-hydrogen) atoms. The topological polar surface area (TPSA) is 0 Å². The van der Waals surface area contributed by atoms with Crippen LogP contribution < -0.4 is 5.46 Å². The molecule has 0 atom stereocenters. The van der Waals surface area contributed by atoms with Gasteiger partial charge < -0.3 is 0 Å². The Balaban J connectivity index is 2.94. The molecule has 0 heterocycles. The van der Waals surface area contributed by atoms with Crippen molar-refractivity contribution in [2.45, 2.75) is 6.92 Å². The summed E-state index contributed by atoms with van der Waals surface area (Å²) in [6.07, 6.45) is 0. The Labute approximate surface area is 73.6 Å². The third kappa shape index (κ3) is 1.02. The Morgan fingerprint density at radius 2 is 1.58 bits per heavy atom. The predicted molar refractivity (Wildman–Crippen MR) is 56.9 cm³/mol. The van der Waals surface area contributed by atoms with E-state index < -0.39 is 0 Å². The van der Waals surface area contributed by atoms with Gasteiger partial charge in [0.05, 0.1) is 0 Å². The van der Waals surface area contributed by atoms with Crippen LogP contribution in [0.4, 0.5) is 0 Å². The molecule has 0 aliphatic rings. The zero-order valence-corrected chi connectivity index (χ0v) is 7.46. The molecule has 0 radical (unpaired) electrons. The Morgan fingerprint density at radius 3 is 2.33 bits per heavy atom. The van der Waals surface area contributed by atoms with Crippen LogP contribution in [0.5, 0.6) is 0 Å². The smallest absolute Gasteiger partial charge is 0.0813 e. The van der Waals surface area contributed by atoms with Crippen molar-refractivity contribution >= 4 is 24.1 Å². The molecular formula is C11H11B.